The molecule has 3 aromatic rings. The number of rotatable bonds is 6. The number of hydrogen-bond acceptors (Lipinski definition) is 5. The zero-order valence-corrected chi connectivity index (χ0v) is 16.3. The van der Waals surface area contributed by atoms with Gasteiger partial charge in [0.25, 0.3) is 0 Å². The van der Waals surface area contributed by atoms with Crippen molar-refractivity contribution in [3.63, 3.8) is 0 Å². The maximum absolute atomic E-state index is 11.4. The number of carbonyl (C=O) groups excluding carboxylic acids is 1. The third-order valence-corrected chi connectivity index (χ3v) is 5.20. The summed E-state index contributed by atoms with van der Waals surface area (Å²) in [6, 6.07) is 15.8. The standard InChI is InChI=1S/C23H24N2O3/c1-16-19-12-14-25(13-6-9-22(26)27-2)23(19)20-15-18(10-11-21(20)24-16)28-17-7-4-3-5-8-17/h3-5,7-8,10-11,15H,6,9,12-14H2,1-2H3. The topological polar surface area (TPSA) is 51.7 Å². The van der Waals surface area contributed by atoms with Crippen molar-refractivity contribution in [3.8, 4) is 11.5 Å². The van der Waals surface area contributed by atoms with Crippen molar-refractivity contribution in [2.75, 3.05) is 25.1 Å². The van der Waals surface area contributed by atoms with Crippen LogP contribution in [0.5, 0.6) is 11.5 Å². The van der Waals surface area contributed by atoms with Crippen LogP contribution in [0, 0.1) is 6.92 Å². The second-order valence-corrected chi connectivity index (χ2v) is 7.04. The van der Waals surface area contributed by atoms with Gasteiger partial charge in [-0.3, -0.25) is 9.78 Å². The lowest BCUT2D eigenvalue weighted by atomic mass is 10.1. The molecule has 0 N–H and O–H groups in total. The zero-order valence-electron chi connectivity index (χ0n) is 16.3. The molecular weight excluding hydrogens is 352 g/mol. The van der Waals surface area contributed by atoms with E-state index in [2.05, 4.69) is 17.9 Å². The number of anilines is 1. The van der Waals surface area contributed by atoms with Crippen molar-refractivity contribution in [2.45, 2.75) is 26.2 Å². The molecule has 1 aliphatic rings. The van der Waals surface area contributed by atoms with Crippen molar-refractivity contribution in [3.05, 3.63) is 59.8 Å². The van der Waals surface area contributed by atoms with E-state index in [0.29, 0.717) is 6.42 Å². The summed E-state index contributed by atoms with van der Waals surface area (Å²) in [7, 11) is 1.43. The number of hydrogen-bond donors (Lipinski definition) is 0. The highest BCUT2D eigenvalue weighted by atomic mass is 16.5. The Morgan fingerprint density at radius 1 is 1.14 bits per heavy atom. The van der Waals surface area contributed by atoms with Crippen LogP contribution in [0.3, 0.4) is 0 Å². The molecule has 0 saturated carbocycles. The summed E-state index contributed by atoms with van der Waals surface area (Å²) < 4.78 is 10.8. The van der Waals surface area contributed by atoms with Gasteiger partial charge >= 0.3 is 5.97 Å². The van der Waals surface area contributed by atoms with Gasteiger partial charge in [-0.1, -0.05) is 18.2 Å². The van der Waals surface area contributed by atoms with Crippen LogP contribution in [0.15, 0.2) is 48.5 Å². The summed E-state index contributed by atoms with van der Waals surface area (Å²) in [6.07, 6.45) is 2.19. The van der Waals surface area contributed by atoms with Gasteiger partial charge in [-0.2, -0.15) is 0 Å². The fourth-order valence-electron chi connectivity index (χ4n) is 3.83. The number of benzene rings is 2. The summed E-state index contributed by atoms with van der Waals surface area (Å²) in [5.74, 6) is 1.45. The Labute approximate surface area is 164 Å². The molecule has 0 amide bonds. The first-order chi connectivity index (χ1) is 13.7. The van der Waals surface area contributed by atoms with Crippen LogP contribution in [0.25, 0.3) is 10.9 Å². The minimum atomic E-state index is -0.159. The zero-order chi connectivity index (χ0) is 19.5. The summed E-state index contributed by atoms with van der Waals surface area (Å²) in [5.41, 5.74) is 4.57. The molecule has 4 rings (SSSR count). The van der Waals surface area contributed by atoms with Crippen molar-refractivity contribution in [1.29, 1.82) is 0 Å². The number of aromatic nitrogens is 1. The van der Waals surface area contributed by atoms with E-state index in [1.54, 1.807) is 0 Å². The summed E-state index contributed by atoms with van der Waals surface area (Å²) in [6.45, 7) is 3.84. The largest absolute Gasteiger partial charge is 0.469 e. The maximum atomic E-state index is 11.4. The summed E-state index contributed by atoms with van der Waals surface area (Å²) in [5, 5.41) is 1.10. The van der Waals surface area contributed by atoms with E-state index < -0.39 is 0 Å². The Balaban J connectivity index is 1.66. The highest BCUT2D eigenvalue weighted by Gasteiger charge is 2.24. The average Bonchev–Trinajstić information content (AvgIpc) is 3.14. The first kappa shape index (κ1) is 18.3. The number of pyridine rings is 1. The van der Waals surface area contributed by atoms with Gasteiger partial charge in [0.05, 0.1) is 18.3 Å². The molecule has 0 aliphatic carbocycles. The lowest BCUT2D eigenvalue weighted by molar-refractivity contribution is -0.140. The van der Waals surface area contributed by atoms with Gasteiger partial charge in [0, 0.05) is 30.6 Å². The quantitative estimate of drug-likeness (QED) is 0.586. The second-order valence-electron chi connectivity index (χ2n) is 7.04. The molecule has 0 fully saturated rings. The third-order valence-electron chi connectivity index (χ3n) is 5.20. The van der Waals surface area contributed by atoms with Gasteiger partial charge in [0.2, 0.25) is 0 Å². The Morgan fingerprint density at radius 2 is 1.96 bits per heavy atom. The van der Waals surface area contributed by atoms with Crippen molar-refractivity contribution >= 4 is 22.6 Å². The molecule has 0 unspecified atom stereocenters. The first-order valence-corrected chi connectivity index (χ1v) is 9.63. The fraction of sp³-hybridized carbons (Fsp3) is 0.304. The second kappa shape index (κ2) is 7.89. The normalized spacial score (nSPS) is 12.9. The third kappa shape index (κ3) is 3.65. The van der Waals surface area contributed by atoms with Gasteiger partial charge in [0.1, 0.15) is 11.5 Å². The minimum absolute atomic E-state index is 0.159. The molecule has 2 heterocycles. The molecular formula is C23H24N2O3. The van der Waals surface area contributed by atoms with E-state index >= 15 is 0 Å². The van der Waals surface area contributed by atoms with Crippen molar-refractivity contribution in [1.82, 2.24) is 4.98 Å². The number of esters is 1. The molecule has 5 nitrogen and oxygen atoms in total. The molecule has 1 aromatic heterocycles. The van der Waals surface area contributed by atoms with Crippen LogP contribution in [0.2, 0.25) is 0 Å². The monoisotopic (exact) mass is 376 g/mol. The Kier molecular flexibility index (Phi) is 5.15. The number of methoxy groups -OCH3 is 1. The lowest BCUT2D eigenvalue weighted by Gasteiger charge is -2.21. The van der Waals surface area contributed by atoms with Gasteiger partial charge in [0.15, 0.2) is 0 Å². The average molecular weight is 376 g/mol. The number of nitrogens with zero attached hydrogens (tertiary/aromatic N) is 2. The summed E-state index contributed by atoms with van der Waals surface area (Å²) >= 11 is 0. The highest BCUT2D eigenvalue weighted by molar-refractivity contribution is 5.96. The van der Waals surface area contributed by atoms with Crippen LogP contribution < -0.4 is 9.64 Å². The Morgan fingerprint density at radius 3 is 2.75 bits per heavy atom. The first-order valence-electron chi connectivity index (χ1n) is 9.63. The molecule has 0 spiro atoms. The number of para-hydroxylation sites is 1. The van der Waals surface area contributed by atoms with E-state index in [1.807, 2.05) is 42.5 Å². The lowest BCUT2D eigenvalue weighted by Crippen LogP contribution is -2.22. The van der Waals surface area contributed by atoms with Crippen LogP contribution in [-0.4, -0.2) is 31.2 Å². The van der Waals surface area contributed by atoms with E-state index in [4.69, 9.17) is 14.5 Å². The van der Waals surface area contributed by atoms with Crippen LogP contribution in [0.1, 0.15) is 24.1 Å². The van der Waals surface area contributed by atoms with Crippen LogP contribution in [0.4, 0.5) is 5.69 Å². The van der Waals surface area contributed by atoms with E-state index in [1.165, 1.54) is 18.4 Å². The molecule has 0 atom stereocenters. The molecule has 144 valence electrons. The predicted octanol–water partition coefficient (Wildman–Crippen LogP) is 4.65. The summed E-state index contributed by atoms with van der Waals surface area (Å²) in [4.78, 5) is 18.6. The van der Waals surface area contributed by atoms with E-state index in [0.717, 1.165) is 54.0 Å². The number of fused-ring (bicyclic) bond motifs is 3. The molecule has 2 aromatic carbocycles. The van der Waals surface area contributed by atoms with Crippen LogP contribution >= 0.6 is 0 Å². The molecule has 0 bridgehead atoms. The predicted molar refractivity (Wildman–Crippen MR) is 110 cm³/mol. The van der Waals surface area contributed by atoms with Gasteiger partial charge < -0.3 is 14.4 Å². The Hall–Kier alpha value is -3.08. The number of aryl methyl sites for hydroxylation is 1. The molecule has 5 heteroatoms. The van der Waals surface area contributed by atoms with Crippen molar-refractivity contribution in [2.24, 2.45) is 0 Å². The molecule has 28 heavy (non-hydrogen) atoms. The van der Waals surface area contributed by atoms with Crippen LogP contribution in [-0.2, 0) is 16.0 Å². The van der Waals surface area contributed by atoms with Crippen molar-refractivity contribution < 1.29 is 14.3 Å². The number of ether oxygens (including phenoxy) is 2. The molecule has 0 radical (unpaired) electrons. The smallest absolute Gasteiger partial charge is 0.305 e. The number of carbonyl (C=O) groups is 1. The highest BCUT2D eigenvalue weighted by Crippen LogP contribution is 2.38. The Bertz CT molecular complexity index is 1000. The van der Waals surface area contributed by atoms with Gasteiger partial charge in [-0.25, -0.2) is 0 Å². The van der Waals surface area contributed by atoms with Gasteiger partial charge in [-0.15, -0.1) is 0 Å². The van der Waals surface area contributed by atoms with E-state index in [9.17, 15) is 4.79 Å². The molecule has 1 aliphatic heterocycles. The fourth-order valence-corrected chi connectivity index (χ4v) is 3.83. The van der Waals surface area contributed by atoms with Gasteiger partial charge in [-0.05, 0) is 55.7 Å². The SMILES string of the molecule is COC(=O)CCCN1CCc2c(C)nc3ccc(Oc4ccccc4)cc3c21. The maximum Gasteiger partial charge on any atom is 0.305 e. The minimum Gasteiger partial charge on any atom is -0.469 e. The van der Waals surface area contributed by atoms with E-state index in [-0.39, 0.29) is 5.97 Å². The molecule has 0 saturated heterocycles.